The number of sulfonamides is 1. The van der Waals surface area contributed by atoms with Gasteiger partial charge in [-0.25, -0.2) is 13.4 Å². The van der Waals surface area contributed by atoms with Gasteiger partial charge in [-0.3, -0.25) is 4.72 Å². The summed E-state index contributed by atoms with van der Waals surface area (Å²) in [5.41, 5.74) is 1.000. The summed E-state index contributed by atoms with van der Waals surface area (Å²) in [4.78, 5) is 5.44. The predicted molar refractivity (Wildman–Crippen MR) is 76.0 cm³/mol. The van der Waals surface area contributed by atoms with E-state index in [0.717, 1.165) is 30.1 Å². The summed E-state index contributed by atoms with van der Waals surface area (Å²) >= 11 is 1.40. The van der Waals surface area contributed by atoms with E-state index in [9.17, 15) is 8.42 Å². The van der Waals surface area contributed by atoms with Crippen LogP contribution >= 0.6 is 11.3 Å². The molecule has 0 amide bonds. The predicted octanol–water partition coefficient (Wildman–Crippen LogP) is 0.955. The molecule has 8 heteroatoms. The molecule has 19 heavy (non-hydrogen) atoms. The molecule has 2 N–H and O–H groups in total. The topological polar surface area (TPSA) is 80.3 Å². The molecule has 0 aliphatic carbocycles. The molecule has 0 unspecified atom stereocenters. The van der Waals surface area contributed by atoms with Crippen LogP contribution in [0.15, 0.2) is 0 Å². The number of nitrogens with zero attached hydrogens (tertiary/aromatic N) is 1. The largest absolute Gasteiger partial charge is 0.378 e. The quantitative estimate of drug-likeness (QED) is 0.818. The summed E-state index contributed by atoms with van der Waals surface area (Å²) in [6, 6.07) is 0. The molecule has 1 aromatic heterocycles. The third kappa shape index (κ3) is 4.41. The van der Waals surface area contributed by atoms with Crippen molar-refractivity contribution in [2.45, 2.75) is 32.9 Å². The molecule has 0 radical (unpaired) electrons. The first-order valence-electron chi connectivity index (χ1n) is 6.27. The molecule has 1 aliphatic rings. The first-order chi connectivity index (χ1) is 8.96. The SMILES string of the molecule is CC(C)OCCS(=O)(=O)Nc1nc2c(s1)CNCC2. The van der Waals surface area contributed by atoms with Crippen LogP contribution in [0.1, 0.15) is 24.4 Å². The maximum absolute atomic E-state index is 11.9. The van der Waals surface area contributed by atoms with Crippen molar-refractivity contribution in [2.75, 3.05) is 23.6 Å². The number of hydrogen-bond acceptors (Lipinski definition) is 6. The van der Waals surface area contributed by atoms with Gasteiger partial charge in [0, 0.05) is 24.4 Å². The Kier molecular flexibility index (Phi) is 4.77. The third-order valence-corrected chi connectivity index (χ3v) is 5.00. The summed E-state index contributed by atoms with van der Waals surface area (Å²) in [5.74, 6) is -0.0479. The minimum Gasteiger partial charge on any atom is -0.378 e. The highest BCUT2D eigenvalue weighted by Crippen LogP contribution is 2.25. The van der Waals surface area contributed by atoms with Crippen LogP contribution in [-0.2, 0) is 27.7 Å². The van der Waals surface area contributed by atoms with E-state index < -0.39 is 10.0 Å². The molecule has 0 aromatic carbocycles. The van der Waals surface area contributed by atoms with Gasteiger partial charge < -0.3 is 10.1 Å². The van der Waals surface area contributed by atoms with Gasteiger partial charge in [-0.05, 0) is 13.8 Å². The lowest BCUT2D eigenvalue weighted by molar-refractivity contribution is 0.0913. The van der Waals surface area contributed by atoms with Gasteiger partial charge in [0.15, 0.2) is 5.13 Å². The number of fused-ring (bicyclic) bond motifs is 1. The maximum atomic E-state index is 11.9. The average molecular weight is 305 g/mol. The van der Waals surface area contributed by atoms with Crippen molar-refractivity contribution in [3.63, 3.8) is 0 Å². The van der Waals surface area contributed by atoms with Gasteiger partial charge in [-0.15, -0.1) is 0 Å². The Morgan fingerprint density at radius 3 is 3.00 bits per heavy atom. The molecule has 0 spiro atoms. The smallest absolute Gasteiger partial charge is 0.236 e. The fourth-order valence-corrected chi connectivity index (χ4v) is 3.85. The van der Waals surface area contributed by atoms with E-state index >= 15 is 0 Å². The summed E-state index contributed by atoms with van der Waals surface area (Å²) in [6.45, 7) is 5.61. The third-order valence-electron chi connectivity index (χ3n) is 2.65. The number of nitrogens with one attached hydrogen (secondary N) is 2. The second kappa shape index (κ2) is 6.17. The summed E-state index contributed by atoms with van der Waals surface area (Å²) < 4.78 is 31.5. The van der Waals surface area contributed by atoms with E-state index in [0.29, 0.717) is 5.13 Å². The van der Waals surface area contributed by atoms with Crippen LogP contribution in [0.2, 0.25) is 0 Å². The van der Waals surface area contributed by atoms with Gasteiger partial charge in [0.25, 0.3) is 0 Å². The number of thiazole rings is 1. The first kappa shape index (κ1) is 14.7. The van der Waals surface area contributed by atoms with Gasteiger partial charge >= 0.3 is 0 Å². The molecule has 0 saturated heterocycles. The molecule has 0 fully saturated rings. The molecule has 0 bridgehead atoms. The van der Waals surface area contributed by atoms with Crippen molar-refractivity contribution < 1.29 is 13.2 Å². The molecular formula is C11H19N3O3S2. The zero-order valence-electron chi connectivity index (χ0n) is 11.1. The number of anilines is 1. The van der Waals surface area contributed by atoms with Gasteiger partial charge in [-0.1, -0.05) is 11.3 Å². The standard InChI is InChI=1S/C11H19N3O3S2/c1-8(2)17-5-6-19(15,16)14-11-13-9-3-4-12-7-10(9)18-11/h8,12H,3-7H2,1-2H3,(H,13,14). The average Bonchev–Trinajstić information content (AvgIpc) is 2.68. The highest BCUT2D eigenvalue weighted by atomic mass is 32.2. The molecule has 0 atom stereocenters. The highest BCUT2D eigenvalue weighted by molar-refractivity contribution is 7.92. The normalized spacial score (nSPS) is 15.5. The maximum Gasteiger partial charge on any atom is 0.236 e. The van der Waals surface area contributed by atoms with Crippen LogP contribution in [0.4, 0.5) is 5.13 Å². The van der Waals surface area contributed by atoms with Crippen LogP contribution in [0.25, 0.3) is 0 Å². The Morgan fingerprint density at radius 1 is 1.53 bits per heavy atom. The molecular weight excluding hydrogens is 286 g/mol. The fourth-order valence-electron chi connectivity index (χ4n) is 1.75. The molecule has 1 aliphatic heterocycles. The van der Waals surface area contributed by atoms with E-state index in [1.165, 1.54) is 11.3 Å². The number of rotatable bonds is 6. The van der Waals surface area contributed by atoms with E-state index in [4.69, 9.17) is 4.74 Å². The summed E-state index contributed by atoms with van der Waals surface area (Å²) in [6.07, 6.45) is 0.887. The van der Waals surface area contributed by atoms with Crippen molar-refractivity contribution in [2.24, 2.45) is 0 Å². The van der Waals surface area contributed by atoms with Crippen molar-refractivity contribution >= 4 is 26.5 Å². The van der Waals surface area contributed by atoms with Gasteiger partial charge in [-0.2, -0.15) is 0 Å². The Bertz CT molecular complexity index is 502. The summed E-state index contributed by atoms with van der Waals surface area (Å²) in [7, 11) is -3.38. The molecule has 2 heterocycles. The minimum absolute atomic E-state index is 0.0356. The van der Waals surface area contributed by atoms with Crippen molar-refractivity contribution in [1.82, 2.24) is 10.3 Å². The van der Waals surface area contributed by atoms with Crippen LogP contribution in [0.5, 0.6) is 0 Å². The van der Waals surface area contributed by atoms with E-state index in [2.05, 4.69) is 15.0 Å². The minimum atomic E-state index is -3.38. The van der Waals surface area contributed by atoms with Gasteiger partial charge in [0.1, 0.15) is 0 Å². The van der Waals surface area contributed by atoms with E-state index in [-0.39, 0.29) is 18.5 Å². The van der Waals surface area contributed by atoms with Crippen LogP contribution in [-0.4, -0.2) is 38.4 Å². The van der Waals surface area contributed by atoms with Gasteiger partial charge in [0.05, 0.1) is 24.2 Å². The Labute approximate surface area is 117 Å². The Morgan fingerprint density at radius 2 is 2.32 bits per heavy atom. The fraction of sp³-hybridized carbons (Fsp3) is 0.727. The molecule has 2 rings (SSSR count). The lowest BCUT2D eigenvalue weighted by Crippen LogP contribution is -2.22. The lowest BCUT2D eigenvalue weighted by Gasteiger charge is -2.09. The lowest BCUT2D eigenvalue weighted by atomic mass is 10.2. The first-order valence-corrected chi connectivity index (χ1v) is 8.74. The number of hydrogen-bond donors (Lipinski definition) is 2. The second-order valence-corrected chi connectivity index (χ2v) is 7.58. The van der Waals surface area contributed by atoms with E-state index in [1.807, 2.05) is 13.8 Å². The highest BCUT2D eigenvalue weighted by Gasteiger charge is 2.18. The van der Waals surface area contributed by atoms with Crippen molar-refractivity contribution in [3.8, 4) is 0 Å². The number of ether oxygens (including phenoxy) is 1. The van der Waals surface area contributed by atoms with Crippen molar-refractivity contribution in [1.29, 1.82) is 0 Å². The summed E-state index contributed by atoms with van der Waals surface area (Å²) in [5, 5.41) is 3.69. The molecule has 1 aromatic rings. The Balaban J connectivity index is 1.94. The monoisotopic (exact) mass is 305 g/mol. The zero-order valence-corrected chi connectivity index (χ0v) is 12.7. The molecule has 108 valence electrons. The van der Waals surface area contributed by atoms with Crippen LogP contribution in [0, 0.1) is 0 Å². The van der Waals surface area contributed by atoms with Crippen LogP contribution < -0.4 is 10.0 Å². The van der Waals surface area contributed by atoms with Crippen molar-refractivity contribution in [3.05, 3.63) is 10.6 Å². The Hall–Kier alpha value is -0.700. The second-order valence-electron chi connectivity index (χ2n) is 4.66. The van der Waals surface area contributed by atoms with Gasteiger partial charge in [0.2, 0.25) is 10.0 Å². The number of aromatic nitrogens is 1. The molecule has 6 nitrogen and oxygen atoms in total. The molecule has 0 saturated carbocycles. The van der Waals surface area contributed by atoms with E-state index in [1.54, 1.807) is 0 Å². The zero-order chi connectivity index (χ0) is 13.9. The van der Waals surface area contributed by atoms with Crippen LogP contribution in [0.3, 0.4) is 0 Å².